The molecule has 1 aliphatic rings. The van der Waals surface area contributed by atoms with Crippen LogP contribution < -0.4 is 11.3 Å². The van der Waals surface area contributed by atoms with E-state index in [2.05, 4.69) is 30.9 Å². The molecule has 0 saturated carbocycles. The maximum Gasteiger partial charge on any atom is 0.280 e. The summed E-state index contributed by atoms with van der Waals surface area (Å²) in [4.78, 5) is 22.2. The lowest BCUT2D eigenvalue weighted by Gasteiger charge is -2.14. The Morgan fingerprint density at radius 2 is 2.30 bits per heavy atom. The highest BCUT2D eigenvalue weighted by molar-refractivity contribution is 9.10. The highest BCUT2D eigenvalue weighted by Crippen LogP contribution is 2.33. The highest BCUT2D eigenvalue weighted by Gasteiger charge is 2.36. The number of H-pyrrole nitrogens is 1. The largest absolute Gasteiger partial charge is 0.394 e. The molecule has 5 N–H and O–H groups in total. The van der Waals surface area contributed by atoms with Gasteiger partial charge in [-0.2, -0.15) is 4.98 Å². The lowest BCUT2D eigenvalue weighted by Crippen LogP contribution is -2.24. The Labute approximate surface area is 120 Å². The summed E-state index contributed by atoms with van der Waals surface area (Å²) in [5, 5.41) is 18.9. The number of ether oxygens (including phenoxy) is 1. The average molecular weight is 346 g/mol. The second-order valence-corrected chi connectivity index (χ2v) is 5.20. The minimum absolute atomic E-state index is 0.0339. The molecular formula is C10H12BrN5O4. The van der Waals surface area contributed by atoms with Gasteiger partial charge in [0.05, 0.1) is 12.7 Å². The Balaban J connectivity index is 2.13. The summed E-state index contributed by atoms with van der Waals surface area (Å²) in [6, 6.07) is 0. The molecule has 1 fully saturated rings. The van der Waals surface area contributed by atoms with Crippen LogP contribution in [0.1, 0.15) is 12.6 Å². The molecule has 0 aromatic carbocycles. The van der Waals surface area contributed by atoms with Gasteiger partial charge in [-0.25, -0.2) is 4.98 Å². The predicted molar refractivity (Wildman–Crippen MR) is 71.9 cm³/mol. The number of imidazole rings is 1. The van der Waals surface area contributed by atoms with Crippen molar-refractivity contribution >= 4 is 33.0 Å². The first-order valence-electron chi connectivity index (χ1n) is 5.89. The molecule has 108 valence electrons. The summed E-state index contributed by atoms with van der Waals surface area (Å²) >= 11 is 3.23. The van der Waals surface area contributed by atoms with E-state index in [-0.39, 0.29) is 30.1 Å². The molecule has 0 spiro atoms. The summed E-state index contributed by atoms with van der Waals surface area (Å²) in [5.74, 6) is -0.0339. The van der Waals surface area contributed by atoms with Crippen molar-refractivity contribution in [3.8, 4) is 0 Å². The molecular weight excluding hydrogens is 334 g/mol. The van der Waals surface area contributed by atoms with Crippen molar-refractivity contribution in [1.82, 2.24) is 19.5 Å². The topological polar surface area (TPSA) is 139 Å². The van der Waals surface area contributed by atoms with Gasteiger partial charge in [0.25, 0.3) is 5.56 Å². The molecule has 0 aliphatic carbocycles. The number of nitrogens with two attached hydrogens (primary N) is 1. The summed E-state index contributed by atoms with van der Waals surface area (Å²) in [6.07, 6.45) is -1.81. The van der Waals surface area contributed by atoms with Gasteiger partial charge in [-0.05, 0) is 15.9 Å². The van der Waals surface area contributed by atoms with Crippen molar-refractivity contribution in [3.05, 3.63) is 15.1 Å². The minimum Gasteiger partial charge on any atom is -0.394 e. The van der Waals surface area contributed by atoms with E-state index >= 15 is 0 Å². The van der Waals surface area contributed by atoms with Gasteiger partial charge in [-0.3, -0.25) is 14.3 Å². The molecule has 3 rings (SSSR count). The van der Waals surface area contributed by atoms with E-state index in [1.165, 1.54) is 4.57 Å². The van der Waals surface area contributed by atoms with Gasteiger partial charge in [0, 0.05) is 6.42 Å². The maximum atomic E-state index is 11.8. The normalized spacial score (nSPS) is 26.4. The van der Waals surface area contributed by atoms with Gasteiger partial charge < -0.3 is 20.7 Å². The van der Waals surface area contributed by atoms with Crippen molar-refractivity contribution in [2.75, 3.05) is 12.3 Å². The van der Waals surface area contributed by atoms with Crippen LogP contribution in [-0.2, 0) is 4.74 Å². The van der Waals surface area contributed by atoms with Crippen molar-refractivity contribution in [2.24, 2.45) is 0 Å². The van der Waals surface area contributed by atoms with E-state index < -0.39 is 24.0 Å². The quantitative estimate of drug-likeness (QED) is 0.517. The number of aromatic nitrogens is 4. The summed E-state index contributed by atoms with van der Waals surface area (Å²) in [7, 11) is 0. The molecule has 3 atom stereocenters. The third kappa shape index (κ3) is 2.00. The number of halogens is 1. The van der Waals surface area contributed by atoms with E-state index in [1.807, 2.05) is 0 Å². The summed E-state index contributed by atoms with van der Waals surface area (Å²) in [6.45, 7) is -0.294. The smallest absolute Gasteiger partial charge is 0.280 e. The number of rotatable bonds is 2. The Morgan fingerprint density at radius 1 is 1.55 bits per heavy atom. The van der Waals surface area contributed by atoms with Crippen LogP contribution in [0.25, 0.3) is 11.2 Å². The second kappa shape index (κ2) is 4.81. The summed E-state index contributed by atoms with van der Waals surface area (Å²) in [5.41, 5.74) is 5.45. The van der Waals surface area contributed by atoms with Crippen LogP contribution in [0, 0.1) is 0 Å². The van der Waals surface area contributed by atoms with E-state index in [9.17, 15) is 9.90 Å². The molecule has 1 aliphatic heterocycles. The monoisotopic (exact) mass is 345 g/mol. The molecule has 0 amide bonds. The Hall–Kier alpha value is -1.49. The Bertz CT molecular complexity index is 713. The highest BCUT2D eigenvalue weighted by atomic mass is 79.9. The third-order valence-corrected chi connectivity index (χ3v) is 3.76. The molecule has 3 heterocycles. The minimum atomic E-state index is -0.798. The van der Waals surface area contributed by atoms with E-state index in [1.54, 1.807) is 0 Å². The predicted octanol–water partition coefficient (Wildman–Crippen LogP) is -0.895. The van der Waals surface area contributed by atoms with Crippen LogP contribution >= 0.6 is 15.9 Å². The molecule has 9 nitrogen and oxygen atoms in total. The second-order valence-electron chi connectivity index (χ2n) is 4.49. The molecule has 0 bridgehead atoms. The zero-order valence-electron chi connectivity index (χ0n) is 10.2. The average Bonchev–Trinajstić information content (AvgIpc) is 2.89. The van der Waals surface area contributed by atoms with Crippen molar-refractivity contribution in [3.63, 3.8) is 0 Å². The molecule has 20 heavy (non-hydrogen) atoms. The molecule has 2 aromatic rings. The van der Waals surface area contributed by atoms with Gasteiger partial charge in [-0.1, -0.05) is 0 Å². The van der Waals surface area contributed by atoms with Crippen molar-refractivity contribution in [1.29, 1.82) is 0 Å². The van der Waals surface area contributed by atoms with Crippen molar-refractivity contribution in [2.45, 2.75) is 24.9 Å². The van der Waals surface area contributed by atoms with E-state index in [4.69, 9.17) is 15.6 Å². The first-order valence-corrected chi connectivity index (χ1v) is 6.68. The van der Waals surface area contributed by atoms with Gasteiger partial charge in [0.15, 0.2) is 15.9 Å². The van der Waals surface area contributed by atoms with Gasteiger partial charge in [0.1, 0.15) is 12.3 Å². The number of hydrogen-bond acceptors (Lipinski definition) is 7. The number of nitrogens with one attached hydrogen (secondary N) is 1. The number of anilines is 1. The third-order valence-electron chi connectivity index (χ3n) is 3.20. The Morgan fingerprint density at radius 3 is 2.95 bits per heavy atom. The Kier molecular flexibility index (Phi) is 3.24. The zero-order valence-corrected chi connectivity index (χ0v) is 11.7. The van der Waals surface area contributed by atoms with Crippen LogP contribution in [-0.4, -0.2) is 48.5 Å². The standard InChI is InChI=1S/C10H12BrN5O4/c11-9-13-6-7(14-10(12)15-8(6)19)16(9)5-1-3(18)4(2-17)20-5/h3-5,17-18H,1-2H2,(H3,12,14,15,19)/t3-,4?,5?/m0/s1. The maximum absolute atomic E-state index is 11.8. The fraction of sp³-hybridized carbons (Fsp3) is 0.500. The van der Waals surface area contributed by atoms with Crippen molar-refractivity contribution < 1.29 is 14.9 Å². The van der Waals surface area contributed by atoms with E-state index in [0.29, 0.717) is 4.73 Å². The number of aromatic amines is 1. The fourth-order valence-electron chi connectivity index (χ4n) is 2.27. The fourth-order valence-corrected chi connectivity index (χ4v) is 2.84. The SMILES string of the molecule is Nc1nc2c(nc(Br)n2C2C[C@H](O)C(CO)O2)c(=O)[nH]1. The molecule has 2 aromatic heterocycles. The molecule has 10 heteroatoms. The van der Waals surface area contributed by atoms with Crippen LogP contribution in [0.15, 0.2) is 9.53 Å². The summed E-state index contributed by atoms with van der Waals surface area (Å²) < 4.78 is 7.40. The van der Waals surface area contributed by atoms with Crippen LogP contribution in [0.4, 0.5) is 5.95 Å². The van der Waals surface area contributed by atoms with E-state index in [0.717, 1.165) is 0 Å². The van der Waals surface area contributed by atoms with Crippen LogP contribution in [0.2, 0.25) is 0 Å². The van der Waals surface area contributed by atoms with Crippen LogP contribution in [0.5, 0.6) is 0 Å². The molecule has 1 saturated heterocycles. The van der Waals surface area contributed by atoms with Gasteiger partial charge >= 0.3 is 0 Å². The molecule has 0 radical (unpaired) electrons. The van der Waals surface area contributed by atoms with Gasteiger partial charge in [-0.15, -0.1) is 0 Å². The van der Waals surface area contributed by atoms with Gasteiger partial charge in [0.2, 0.25) is 5.95 Å². The lowest BCUT2D eigenvalue weighted by atomic mass is 10.2. The zero-order chi connectivity index (χ0) is 14.4. The number of nitrogens with zero attached hydrogens (tertiary/aromatic N) is 3. The number of fused-ring (bicyclic) bond motifs is 1. The number of nitrogen functional groups attached to an aromatic ring is 1. The number of aliphatic hydroxyl groups excluding tert-OH is 2. The molecule has 2 unspecified atom stereocenters. The first kappa shape index (κ1) is 13.5. The number of aliphatic hydroxyl groups is 2. The number of hydrogen-bond donors (Lipinski definition) is 4. The first-order chi connectivity index (χ1) is 9.51. The lowest BCUT2D eigenvalue weighted by molar-refractivity contribution is -0.0439. The van der Waals surface area contributed by atoms with Crippen LogP contribution in [0.3, 0.4) is 0 Å².